The van der Waals surface area contributed by atoms with E-state index in [1.165, 1.54) is 87.9 Å². The summed E-state index contributed by atoms with van der Waals surface area (Å²) >= 11 is 8.51. The highest BCUT2D eigenvalue weighted by molar-refractivity contribution is 9.15. The van der Waals surface area contributed by atoms with Gasteiger partial charge < -0.3 is 18.9 Å². The summed E-state index contributed by atoms with van der Waals surface area (Å²) in [5.74, 6) is 0.695. The van der Waals surface area contributed by atoms with Crippen molar-refractivity contribution in [2.24, 2.45) is 17.8 Å². The first-order valence-corrected chi connectivity index (χ1v) is 31.0. The molecule has 0 heterocycles. The number of fused-ring (bicyclic) bond motifs is 10. The zero-order chi connectivity index (χ0) is 53.6. The van der Waals surface area contributed by atoms with Crippen molar-refractivity contribution in [3.8, 4) is 0 Å². The van der Waals surface area contributed by atoms with E-state index >= 15 is 0 Å². The van der Waals surface area contributed by atoms with Crippen LogP contribution in [0.1, 0.15) is 175 Å². The SMILES string of the molecule is CCCCOCc1ccc(C2(c3ccc(COCCCC)cc3)c3cc4c(cc3C3c5ccccc5C(Br)=CC32)C(c2ccc(COCCCC)cc2)(c2ccc(COCCCC)cc2)C2C=C(Br)C3=CC=CCC3C42)cc1. The van der Waals surface area contributed by atoms with Gasteiger partial charge in [0.15, 0.2) is 0 Å². The molecule has 5 unspecified atom stereocenters. The van der Waals surface area contributed by atoms with Crippen LogP contribution in [0.15, 0.2) is 174 Å². The lowest BCUT2D eigenvalue weighted by Gasteiger charge is -2.43. The molecule has 0 spiro atoms. The highest BCUT2D eigenvalue weighted by atomic mass is 79.9. The maximum absolute atomic E-state index is 6.25. The van der Waals surface area contributed by atoms with Crippen molar-refractivity contribution in [1.82, 2.24) is 0 Å². The number of hydrogen-bond donors (Lipinski definition) is 0. The predicted molar refractivity (Wildman–Crippen MR) is 327 cm³/mol. The van der Waals surface area contributed by atoms with Gasteiger partial charge in [-0.3, -0.25) is 0 Å². The zero-order valence-corrected chi connectivity index (χ0v) is 49.6. The average molecular weight is 1170 g/mol. The van der Waals surface area contributed by atoms with E-state index in [0.717, 1.165) is 88.7 Å². The first kappa shape index (κ1) is 55.0. The van der Waals surface area contributed by atoms with Gasteiger partial charge >= 0.3 is 0 Å². The van der Waals surface area contributed by atoms with Crippen LogP contribution in [0, 0.1) is 17.8 Å². The van der Waals surface area contributed by atoms with Crippen molar-refractivity contribution < 1.29 is 18.9 Å². The van der Waals surface area contributed by atoms with Crippen LogP contribution in [0.25, 0.3) is 4.48 Å². The smallest absolute Gasteiger partial charge is 0.0716 e. The number of halogens is 2. The maximum Gasteiger partial charge on any atom is 0.0716 e. The minimum Gasteiger partial charge on any atom is -0.377 e. The molecule has 0 aliphatic heterocycles. The van der Waals surface area contributed by atoms with Gasteiger partial charge in [0.05, 0.1) is 37.3 Å². The Morgan fingerprint density at radius 1 is 0.462 bits per heavy atom. The topological polar surface area (TPSA) is 36.9 Å². The summed E-state index contributed by atoms with van der Waals surface area (Å²) < 4.78 is 27.3. The van der Waals surface area contributed by atoms with E-state index in [4.69, 9.17) is 18.9 Å². The molecular weight excluding hydrogens is 1090 g/mol. The Kier molecular flexibility index (Phi) is 17.5. The Hall–Kier alpha value is -4.92. The molecule has 0 aromatic heterocycles. The van der Waals surface area contributed by atoms with Gasteiger partial charge in [0.25, 0.3) is 0 Å². The van der Waals surface area contributed by atoms with E-state index in [1.807, 2.05) is 0 Å². The fourth-order valence-corrected chi connectivity index (χ4v) is 15.4. The summed E-state index contributed by atoms with van der Waals surface area (Å²) in [7, 11) is 0. The molecule has 0 amide bonds. The predicted octanol–water partition coefficient (Wildman–Crippen LogP) is 18.6. The third-order valence-electron chi connectivity index (χ3n) is 17.9. The Bertz CT molecular complexity index is 3030. The molecule has 6 aromatic carbocycles. The summed E-state index contributed by atoms with van der Waals surface area (Å²) in [6.45, 7) is 14.4. The van der Waals surface area contributed by atoms with Crippen molar-refractivity contribution in [1.29, 1.82) is 0 Å². The van der Waals surface area contributed by atoms with Crippen molar-refractivity contribution >= 4 is 36.3 Å². The van der Waals surface area contributed by atoms with Gasteiger partial charge in [-0.2, -0.15) is 0 Å². The van der Waals surface area contributed by atoms with Crippen LogP contribution >= 0.6 is 31.9 Å². The maximum atomic E-state index is 6.25. The van der Waals surface area contributed by atoms with Gasteiger partial charge in [-0.05, 0) is 127 Å². The Morgan fingerprint density at radius 2 is 0.872 bits per heavy atom. The molecule has 0 bridgehead atoms. The molecule has 0 N–H and O–H groups in total. The lowest BCUT2D eigenvalue weighted by molar-refractivity contribution is 0.118. The molecule has 0 saturated carbocycles. The van der Waals surface area contributed by atoms with Gasteiger partial charge in [-0.15, -0.1) is 0 Å². The molecule has 5 aliphatic rings. The quantitative estimate of drug-likeness (QED) is 0.0566. The summed E-state index contributed by atoms with van der Waals surface area (Å²) in [5.41, 5.74) is 18.7. The average Bonchev–Trinajstić information content (AvgIpc) is 4.09. The van der Waals surface area contributed by atoms with Crippen LogP contribution in [0.2, 0.25) is 0 Å². The summed E-state index contributed by atoms with van der Waals surface area (Å²) in [5, 5.41) is 0. The number of hydrogen-bond acceptors (Lipinski definition) is 4. The minimum absolute atomic E-state index is 0.0512. The van der Waals surface area contributed by atoms with E-state index in [2.05, 4.69) is 223 Å². The van der Waals surface area contributed by atoms with Crippen LogP contribution in [0.3, 0.4) is 0 Å². The summed E-state index contributed by atoms with van der Waals surface area (Å²) in [4.78, 5) is 0. The van der Waals surface area contributed by atoms with E-state index in [0.29, 0.717) is 26.4 Å². The molecule has 0 fully saturated rings. The van der Waals surface area contributed by atoms with Gasteiger partial charge in [0, 0.05) is 53.1 Å². The van der Waals surface area contributed by atoms with Crippen LogP contribution in [0.4, 0.5) is 0 Å². The molecule has 0 saturated heterocycles. The summed E-state index contributed by atoms with van der Waals surface area (Å²) in [6, 6.07) is 52.9. The Balaban J connectivity index is 1.18. The van der Waals surface area contributed by atoms with E-state index in [-0.39, 0.29) is 29.6 Å². The van der Waals surface area contributed by atoms with Crippen molar-refractivity contribution in [3.63, 3.8) is 0 Å². The number of unbranched alkanes of at least 4 members (excludes halogenated alkanes) is 4. The molecule has 4 nitrogen and oxygen atoms in total. The van der Waals surface area contributed by atoms with Crippen LogP contribution in [-0.4, -0.2) is 26.4 Å². The van der Waals surface area contributed by atoms with Gasteiger partial charge in [-0.1, -0.05) is 249 Å². The second kappa shape index (κ2) is 24.8. The number of rotatable bonds is 24. The third kappa shape index (κ3) is 10.2. The van der Waals surface area contributed by atoms with E-state index in [9.17, 15) is 0 Å². The zero-order valence-electron chi connectivity index (χ0n) is 46.4. The number of ether oxygens (including phenoxy) is 4. The molecular formula is C72H78Br2O4. The molecule has 5 aliphatic carbocycles. The van der Waals surface area contributed by atoms with Crippen LogP contribution < -0.4 is 0 Å². The second-order valence-electron chi connectivity index (χ2n) is 22.6. The van der Waals surface area contributed by atoms with Crippen LogP contribution in [0.5, 0.6) is 0 Å². The largest absolute Gasteiger partial charge is 0.377 e. The molecule has 11 rings (SSSR count). The van der Waals surface area contributed by atoms with Crippen molar-refractivity contribution in [3.05, 3.63) is 252 Å². The summed E-state index contributed by atoms with van der Waals surface area (Å²) in [6.07, 6.45) is 22.0. The minimum atomic E-state index is -0.555. The lowest BCUT2D eigenvalue weighted by Crippen LogP contribution is -2.38. The van der Waals surface area contributed by atoms with Crippen molar-refractivity contribution in [2.45, 2.75) is 135 Å². The highest BCUT2D eigenvalue weighted by Gasteiger charge is 2.61. The molecule has 5 atom stereocenters. The first-order valence-electron chi connectivity index (χ1n) is 29.4. The third-order valence-corrected chi connectivity index (χ3v) is 19.3. The van der Waals surface area contributed by atoms with E-state index in [1.54, 1.807) is 0 Å². The fourth-order valence-electron chi connectivity index (χ4n) is 14.1. The number of benzene rings is 6. The van der Waals surface area contributed by atoms with Crippen LogP contribution in [-0.2, 0) is 56.2 Å². The van der Waals surface area contributed by atoms with Gasteiger partial charge in [-0.25, -0.2) is 0 Å². The second-order valence-corrected chi connectivity index (χ2v) is 24.3. The lowest BCUT2D eigenvalue weighted by atomic mass is 9.59. The molecule has 404 valence electrons. The molecule has 0 radical (unpaired) electrons. The Labute approximate surface area is 482 Å². The van der Waals surface area contributed by atoms with E-state index < -0.39 is 10.8 Å². The van der Waals surface area contributed by atoms with Gasteiger partial charge in [0.2, 0.25) is 0 Å². The molecule has 6 aromatic rings. The molecule has 78 heavy (non-hydrogen) atoms. The first-order chi connectivity index (χ1) is 38.4. The normalized spacial score (nSPS) is 20.9. The molecule has 6 heteroatoms. The Morgan fingerprint density at radius 3 is 1.33 bits per heavy atom. The van der Waals surface area contributed by atoms with Crippen molar-refractivity contribution in [2.75, 3.05) is 26.4 Å². The van der Waals surface area contributed by atoms with Gasteiger partial charge in [0.1, 0.15) is 0 Å². The monoisotopic (exact) mass is 1160 g/mol. The number of allylic oxidation sites excluding steroid dienone is 7. The fraction of sp³-hybridized carbons (Fsp3) is 0.389. The highest BCUT2D eigenvalue weighted by Crippen LogP contribution is 2.69. The standard InChI is InChI=1S/C72H78Br2O4/c1-5-9-37-75-45-49-21-29-53(30-22-49)71(54-31-23-50(24-32-54)46-76-38-10-6-2)63-41-62-64(42-61(63)69-59-19-15-13-17-57(59)67(73)43-65(69)71)72(55-33-25-51(26-34-55)47-77-39-11-7-3,56-35-27-52(28-36-56)48-78-40-12-8-4)66-44-68(74)58-18-14-16-20-60(58)70(62)66/h13-19,21-36,41-44,60,65-66,69-70H,5-12,20,37-40,45-48H2,1-4H3.